The van der Waals surface area contributed by atoms with Gasteiger partial charge < -0.3 is 0 Å². The summed E-state index contributed by atoms with van der Waals surface area (Å²) in [6, 6.07) is 1.69. The van der Waals surface area contributed by atoms with Gasteiger partial charge >= 0.3 is 0 Å². The molecule has 0 atom stereocenters. The first-order valence-electron chi connectivity index (χ1n) is 6.21. The fourth-order valence-corrected chi connectivity index (χ4v) is 4.98. The molecule has 1 aromatic heterocycles. The first-order valence-corrected chi connectivity index (χ1v) is 9.07. The highest BCUT2D eigenvalue weighted by Crippen LogP contribution is 2.30. The van der Waals surface area contributed by atoms with Crippen LogP contribution in [0.25, 0.3) is 0 Å². The minimum Gasteiger partial charge on any atom is -0.207 e. The molecule has 0 aliphatic heterocycles. The Hall–Kier alpha value is -0.100. The maximum Gasteiger partial charge on any atom is 0.243 e. The first-order chi connectivity index (χ1) is 8.57. The molecule has 0 aromatic carbocycles. The van der Waals surface area contributed by atoms with Crippen LogP contribution in [0, 0.1) is 5.92 Å². The van der Waals surface area contributed by atoms with Gasteiger partial charge in [-0.1, -0.05) is 13.3 Å². The number of rotatable bonds is 6. The summed E-state index contributed by atoms with van der Waals surface area (Å²) >= 11 is 7.13. The molecule has 1 aromatic rings. The summed E-state index contributed by atoms with van der Waals surface area (Å²) in [5, 5.41) is 1.69. The van der Waals surface area contributed by atoms with Crippen molar-refractivity contribution in [1.82, 2.24) is 4.31 Å². The molecule has 1 aliphatic carbocycles. The van der Waals surface area contributed by atoms with Crippen LogP contribution in [0.5, 0.6) is 0 Å². The van der Waals surface area contributed by atoms with Gasteiger partial charge in [0.1, 0.15) is 0 Å². The first kappa shape index (κ1) is 14.3. The van der Waals surface area contributed by atoms with E-state index >= 15 is 0 Å². The lowest BCUT2D eigenvalue weighted by Gasteiger charge is -2.30. The van der Waals surface area contributed by atoms with E-state index in [9.17, 15) is 8.42 Å². The van der Waals surface area contributed by atoms with E-state index in [4.69, 9.17) is 11.6 Å². The molecule has 0 radical (unpaired) electrons. The van der Waals surface area contributed by atoms with Crippen molar-refractivity contribution in [3.63, 3.8) is 0 Å². The average Bonchev–Trinajstić information content (AvgIpc) is 2.76. The van der Waals surface area contributed by atoms with E-state index in [1.54, 1.807) is 15.8 Å². The molecule has 1 aliphatic rings. The highest BCUT2D eigenvalue weighted by atomic mass is 35.5. The summed E-state index contributed by atoms with van der Waals surface area (Å²) < 4.78 is 26.5. The topological polar surface area (TPSA) is 37.4 Å². The molecular weight excluding hydrogens is 290 g/mol. The fourth-order valence-electron chi connectivity index (χ4n) is 2.08. The van der Waals surface area contributed by atoms with Crippen LogP contribution < -0.4 is 0 Å². The Labute approximate surface area is 118 Å². The van der Waals surface area contributed by atoms with Gasteiger partial charge in [-0.2, -0.15) is 4.31 Å². The van der Waals surface area contributed by atoms with Crippen LogP contribution in [-0.2, 0) is 15.9 Å². The average molecular weight is 308 g/mol. The maximum absolute atomic E-state index is 12.5. The number of sulfonamides is 1. The van der Waals surface area contributed by atoms with Crippen molar-refractivity contribution in [3.05, 3.63) is 16.3 Å². The third kappa shape index (κ3) is 2.90. The molecule has 1 saturated carbocycles. The number of halogens is 1. The van der Waals surface area contributed by atoms with Gasteiger partial charge in [-0.05, 0) is 24.8 Å². The van der Waals surface area contributed by atoms with E-state index in [1.165, 1.54) is 17.8 Å². The number of thiophene rings is 1. The second-order valence-electron chi connectivity index (χ2n) is 4.63. The molecule has 102 valence electrons. The van der Waals surface area contributed by atoms with Crippen LogP contribution in [0.1, 0.15) is 31.1 Å². The van der Waals surface area contributed by atoms with Gasteiger partial charge in [0.2, 0.25) is 10.0 Å². The van der Waals surface area contributed by atoms with Crippen LogP contribution in [0.2, 0.25) is 0 Å². The number of nitrogens with zero attached hydrogens (tertiary/aromatic N) is 1. The normalized spacial score (nSPS) is 17.1. The minimum atomic E-state index is -3.33. The quantitative estimate of drug-likeness (QED) is 0.756. The lowest BCUT2D eigenvalue weighted by atomic mass is 9.85. The molecule has 0 unspecified atom stereocenters. The molecule has 1 heterocycles. The van der Waals surface area contributed by atoms with Crippen LogP contribution in [0.3, 0.4) is 0 Å². The molecule has 6 heteroatoms. The second kappa shape index (κ2) is 5.90. The van der Waals surface area contributed by atoms with Gasteiger partial charge in [0.25, 0.3) is 0 Å². The van der Waals surface area contributed by atoms with Gasteiger partial charge in [0.05, 0.1) is 10.8 Å². The molecule has 1 fully saturated rings. The second-order valence-corrected chi connectivity index (χ2v) is 7.84. The van der Waals surface area contributed by atoms with Gasteiger partial charge in [0.15, 0.2) is 0 Å². The van der Waals surface area contributed by atoms with Crippen molar-refractivity contribution in [3.8, 4) is 0 Å². The van der Waals surface area contributed by atoms with Crippen molar-refractivity contribution in [1.29, 1.82) is 0 Å². The predicted octanol–water partition coefficient (Wildman–Crippen LogP) is 3.30. The summed E-state index contributed by atoms with van der Waals surface area (Å²) in [4.78, 5) is 1.29. The zero-order valence-electron chi connectivity index (χ0n) is 10.4. The monoisotopic (exact) mass is 307 g/mol. The third-order valence-electron chi connectivity index (χ3n) is 3.44. The lowest BCUT2D eigenvalue weighted by molar-refractivity contribution is 0.250. The Morgan fingerprint density at radius 2 is 2.22 bits per heavy atom. The molecular formula is C12H18ClNO2S2. The van der Waals surface area contributed by atoms with Crippen molar-refractivity contribution in [2.45, 2.75) is 37.0 Å². The third-order valence-corrected chi connectivity index (χ3v) is 6.89. The standard InChI is InChI=1S/C12H18ClNO2S2/c1-2-14(8-10-4-3-5-10)18(15,16)12-6-11(7-13)17-9-12/h6,9-10H,2-5,7-8H2,1H3. The summed E-state index contributed by atoms with van der Waals surface area (Å²) in [5.74, 6) is 0.917. The molecule has 3 nitrogen and oxygen atoms in total. The summed E-state index contributed by atoms with van der Waals surface area (Å²) in [6.45, 7) is 3.08. The highest BCUT2D eigenvalue weighted by molar-refractivity contribution is 7.89. The van der Waals surface area contributed by atoms with Crippen LogP contribution in [0.4, 0.5) is 0 Å². The molecule has 0 saturated heterocycles. The van der Waals surface area contributed by atoms with Crippen molar-refractivity contribution in [2.75, 3.05) is 13.1 Å². The molecule has 0 bridgehead atoms. The maximum atomic E-state index is 12.5. The van der Waals surface area contributed by atoms with E-state index in [2.05, 4.69) is 0 Å². The number of alkyl halides is 1. The predicted molar refractivity (Wildman–Crippen MR) is 75.6 cm³/mol. The van der Waals surface area contributed by atoms with Crippen molar-refractivity contribution < 1.29 is 8.42 Å². The molecule has 0 spiro atoms. The summed E-state index contributed by atoms with van der Waals surface area (Å²) in [6.07, 6.45) is 3.54. The van der Waals surface area contributed by atoms with E-state index in [-0.39, 0.29) is 0 Å². The zero-order chi connectivity index (χ0) is 13.2. The molecule has 0 N–H and O–H groups in total. The molecule has 0 amide bonds. The Morgan fingerprint density at radius 1 is 1.50 bits per heavy atom. The van der Waals surface area contributed by atoms with E-state index in [0.717, 1.165) is 17.7 Å². The Bertz CT molecular complexity index is 494. The van der Waals surface area contributed by atoms with Crippen LogP contribution in [-0.4, -0.2) is 25.8 Å². The fraction of sp³-hybridized carbons (Fsp3) is 0.667. The van der Waals surface area contributed by atoms with E-state index in [1.807, 2.05) is 6.92 Å². The lowest BCUT2D eigenvalue weighted by Crippen LogP contribution is -2.37. The Balaban J connectivity index is 2.16. The van der Waals surface area contributed by atoms with Crippen molar-refractivity contribution >= 4 is 33.0 Å². The largest absolute Gasteiger partial charge is 0.243 e. The Morgan fingerprint density at radius 3 is 2.67 bits per heavy atom. The van der Waals surface area contributed by atoms with Crippen LogP contribution in [0.15, 0.2) is 16.3 Å². The van der Waals surface area contributed by atoms with Crippen LogP contribution >= 0.6 is 22.9 Å². The molecule has 18 heavy (non-hydrogen) atoms. The van der Waals surface area contributed by atoms with Gasteiger partial charge in [-0.15, -0.1) is 22.9 Å². The summed E-state index contributed by atoms with van der Waals surface area (Å²) in [7, 11) is -3.33. The van der Waals surface area contributed by atoms with Crippen molar-refractivity contribution in [2.24, 2.45) is 5.92 Å². The Kier molecular flexibility index (Phi) is 4.69. The van der Waals surface area contributed by atoms with Gasteiger partial charge in [-0.25, -0.2) is 8.42 Å². The SMILES string of the molecule is CCN(CC1CCC1)S(=O)(=O)c1csc(CCl)c1. The van der Waals surface area contributed by atoms with Gasteiger partial charge in [-0.3, -0.25) is 0 Å². The van der Waals surface area contributed by atoms with E-state index in [0.29, 0.717) is 29.8 Å². The number of hydrogen-bond donors (Lipinski definition) is 0. The van der Waals surface area contributed by atoms with Gasteiger partial charge in [0, 0.05) is 23.3 Å². The molecule has 2 rings (SSSR count). The van der Waals surface area contributed by atoms with E-state index < -0.39 is 10.0 Å². The summed E-state index contributed by atoms with van der Waals surface area (Å²) in [5.41, 5.74) is 0. The number of hydrogen-bond acceptors (Lipinski definition) is 3. The smallest absolute Gasteiger partial charge is 0.207 e. The highest BCUT2D eigenvalue weighted by Gasteiger charge is 2.29. The minimum absolute atomic E-state index is 0.370. The zero-order valence-corrected chi connectivity index (χ0v) is 12.8.